The summed E-state index contributed by atoms with van der Waals surface area (Å²) in [7, 11) is -3.11. The largest absolute Gasteiger partial charge is 0.279 e. The normalized spacial score (nSPS) is 20.2. The number of hydrogen-bond acceptors (Lipinski definition) is 5. The average Bonchev–Trinajstić information content (AvgIpc) is 2.98. The molecular weight excluding hydrogens is 312 g/mol. The smallest absolute Gasteiger partial charge is 0.273 e. The Balaban J connectivity index is 1.90. The van der Waals surface area contributed by atoms with Crippen LogP contribution in [0.15, 0.2) is 6.07 Å². The Hall–Kier alpha value is -1.41. The molecule has 2 N–H and O–H groups in total. The van der Waals surface area contributed by atoms with E-state index < -0.39 is 21.7 Å². The van der Waals surface area contributed by atoms with Crippen LogP contribution in [0.5, 0.6) is 0 Å². The topological polar surface area (TPSA) is 92.3 Å². The van der Waals surface area contributed by atoms with Gasteiger partial charge in [0.15, 0.2) is 9.84 Å². The van der Waals surface area contributed by atoms with Crippen LogP contribution in [0.1, 0.15) is 33.5 Å². The predicted molar refractivity (Wildman–Crippen MR) is 80.8 cm³/mol. The van der Waals surface area contributed by atoms with Crippen molar-refractivity contribution in [2.24, 2.45) is 5.92 Å². The van der Waals surface area contributed by atoms with Crippen molar-refractivity contribution in [2.45, 2.75) is 26.7 Å². The highest BCUT2D eigenvalue weighted by Gasteiger charge is 2.33. The van der Waals surface area contributed by atoms with Gasteiger partial charge in [-0.25, -0.2) is 8.42 Å². The fourth-order valence-corrected chi connectivity index (χ4v) is 5.02. The summed E-state index contributed by atoms with van der Waals surface area (Å²) in [6.07, 6.45) is 1.16. The van der Waals surface area contributed by atoms with Crippen molar-refractivity contribution in [1.29, 1.82) is 0 Å². The lowest BCUT2D eigenvalue weighted by Crippen LogP contribution is -2.44. The Kier molecular flexibility index (Phi) is 4.67. The highest BCUT2D eigenvalue weighted by atomic mass is 32.2. The van der Waals surface area contributed by atoms with E-state index in [1.165, 1.54) is 11.3 Å². The lowest BCUT2D eigenvalue weighted by molar-refractivity contribution is -0.125. The maximum atomic E-state index is 11.9. The first kappa shape index (κ1) is 16.0. The minimum absolute atomic E-state index is 0.0308. The van der Waals surface area contributed by atoms with Gasteiger partial charge < -0.3 is 0 Å². The second-order valence-electron chi connectivity index (χ2n) is 5.11. The second-order valence-corrected chi connectivity index (χ2v) is 8.48. The van der Waals surface area contributed by atoms with E-state index in [9.17, 15) is 18.0 Å². The number of nitrogens with one attached hydrogen (secondary N) is 2. The zero-order valence-corrected chi connectivity index (χ0v) is 13.6. The van der Waals surface area contributed by atoms with Crippen molar-refractivity contribution in [3.05, 3.63) is 21.4 Å². The molecule has 0 radical (unpaired) electrons. The van der Waals surface area contributed by atoms with Gasteiger partial charge in [0.25, 0.3) is 5.91 Å². The van der Waals surface area contributed by atoms with E-state index in [1.54, 1.807) is 6.07 Å². The van der Waals surface area contributed by atoms with Crippen molar-refractivity contribution in [1.82, 2.24) is 10.9 Å². The summed E-state index contributed by atoms with van der Waals surface area (Å²) in [5.41, 5.74) is 5.71. The molecule has 1 aromatic rings. The third-order valence-electron chi connectivity index (χ3n) is 3.47. The monoisotopic (exact) mass is 330 g/mol. The second kappa shape index (κ2) is 6.15. The third kappa shape index (κ3) is 3.82. The molecule has 0 aliphatic carbocycles. The van der Waals surface area contributed by atoms with Gasteiger partial charge in [0.05, 0.1) is 22.3 Å². The zero-order valence-electron chi connectivity index (χ0n) is 11.9. The summed E-state index contributed by atoms with van der Waals surface area (Å²) >= 11 is 1.39. The van der Waals surface area contributed by atoms with Gasteiger partial charge in [0.2, 0.25) is 5.91 Å². The number of carbonyl (C=O) groups excluding carboxylic acids is 2. The number of thiophene rings is 1. The fraction of sp³-hybridized carbons (Fsp3) is 0.538. The summed E-state index contributed by atoms with van der Waals surface area (Å²) in [5, 5.41) is 0. The Labute approximate surface area is 127 Å². The highest BCUT2D eigenvalue weighted by molar-refractivity contribution is 7.91. The standard InChI is InChI=1S/C13H18N2O4S2/c1-3-10-8(2)6-11(20-10)13(17)15-14-12(16)9-4-5-21(18,19)7-9/h6,9H,3-5,7H2,1-2H3,(H,14,16)(H,15,17)/t9-/m0/s1. The Bertz CT molecular complexity index is 664. The van der Waals surface area contributed by atoms with E-state index in [4.69, 9.17) is 0 Å². The molecule has 2 heterocycles. The van der Waals surface area contributed by atoms with Crippen molar-refractivity contribution in [2.75, 3.05) is 11.5 Å². The van der Waals surface area contributed by atoms with Crippen LogP contribution in [0, 0.1) is 12.8 Å². The molecule has 0 spiro atoms. The van der Waals surface area contributed by atoms with Gasteiger partial charge in [-0.1, -0.05) is 6.92 Å². The summed E-state index contributed by atoms with van der Waals surface area (Å²) in [4.78, 5) is 25.4. The van der Waals surface area contributed by atoms with Gasteiger partial charge in [-0.15, -0.1) is 11.3 Å². The first-order chi connectivity index (χ1) is 9.82. The molecule has 2 amide bonds. The fourth-order valence-electron chi connectivity index (χ4n) is 2.27. The van der Waals surface area contributed by atoms with Crippen LogP contribution in [0.25, 0.3) is 0 Å². The number of hydrazine groups is 1. The molecule has 116 valence electrons. The Morgan fingerprint density at radius 3 is 2.62 bits per heavy atom. The summed E-state index contributed by atoms with van der Waals surface area (Å²) in [5.74, 6) is -1.52. The molecule has 6 nitrogen and oxygen atoms in total. The number of aryl methyl sites for hydroxylation is 2. The molecule has 1 aromatic heterocycles. The van der Waals surface area contributed by atoms with Crippen molar-refractivity contribution in [3.63, 3.8) is 0 Å². The molecule has 1 atom stereocenters. The minimum atomic E-state index is -3.11. The molecule has 0 saturated carbocycles. The SMILES string of the molecule is CCc1sc(C(=O)NNC(=O)[C@H]2CCS(=O)(=O)C2)cc1C. The van der Waals surface area contributed by atoms with Crippen LogP contribution in [0.3, 0.4) is 0 Å². The number of sulfone groups is 1. The minimum Gasteiger partial charge on any atom is -0.273 e. The Morgan fingerprint density at radius 2 is 2.10 bits per heavy atom. The van der Waals surface area contributed by atoms with Crippen LogP contribution >= 0.6 is 11.3 Å². The highest BCUT2D eigenvalue weighted by Crippen LogP contribution is 2.22. The third-order valence-corrected chi connectivity index (χ3v) is 6.62. The van der Waals surface area contributed by atoms with Crippen LogP contribution < -0.4 is 10.9 Å². The molecule has 1 aliphatic heterocycles. The number of amides is 2. The molecule has 1 aliphatic rings. The summed E-state index contributed by atoms with van der Waals surface area (Å²) in [6, 6.07) is 1.78. The van der Waals surface area contributed by atoms with Crippen molar-refractivity contribution in [3.8, 4) is 0 Å². The number of carbonyl (C=O) groups is 2. The maximum Gasteiger partial charge on any atom is 0.279 e. The summed E-state index contributed by atoms with van der Waals surface area (Å²) < 4.78 is 22.6. The van der Waals surface area contributed by atoms with E-state index in [0.29, 0.717) is 11.3 Å². The van der Waals surface area contributed by atoms with Crippen LogP contribution in [0.2, 0.25) is 0 Å². The average molecular weight is 330 g/mol. The van der Waals surface area contributed by atoms with Crippen LogP contribution in [-0.4, -0.2) is 31.7 Å². The molecule has 1 saturated heterocycles. The molecular formula is C13H18N2O4S2. The molecule has 0 unspecified atom stereocenters. The van der Waals surface area contributed by atoms with E-state index in [0.717, 1.165) is 16.9 Å². The Morgan fingerprint density at radius 1 is 1.38 bits per heavy atom. The molecule has 8 heteroatoms. The van der Waals surface area contributed by atoms with Gasteiger partial charge in [-0.3, -0.25) is 20.4 Å². The first-order valence-corrected chi connectivity index (χ1v) is 9.36. The number of rotatable bonds is 3. The van der Waals surface area contributed by atoms with E-state index in [1.807, 2.05) is 13.8 Å². The lowest BCUT2D eigenvalue weighted by atomic mass is 10.1. The lowest BCUT2D eigenvalue weighted by Gasteiger charge is -2.09. The molecule has 0 aromatic carbocycles. The van der Waals surface area contributed by atoms with E-state index in [2.05, 4.69) is 10.9 Å². The molecule has 21 heavy (non-hydrogen) atoms. The first-order valence-electron chi connectivity index (χ1n) is 6.72. The van der Waals surface area contributed by atoms with E-state index >= 15 is 0 Å². The maximum absolute atomic E-state index is 11.9. The van der Waals surface area contributed by atoms with Crippen molar-refractivity contribution >= 4 is 33.0 Å². The van der Waals surface area contributed by atoms with Gasteiger partial charge in [0, 0.05) is 4.88 Å². The number of hydrogen-bond donors (Lipinski definition) is 2. The van der Waals surface area contributed by atoms with Gasteiger partial charge in [0.1, 0.15) is 0 Å². The van der Waals surface area contributed by atoms with Gasteiger partial charge in [-0.2, -0.15) is 0 Å². The van der Waals surface area contributed by atoms with Crippen molar-refractivity contribution < 1.29 is 18.0 Å². The zero-order chi connectivity index (χ0) is 15.6. The summed E-state index contributed by atoms with van der Waals surface area (Å²) in [6.45, 7) is 3.96. The van der Waals surface area contributed by atoms with Crippen LogP contribution in [0.4, 0.5) is 0 Å². The van der Waals surface area contributed by atoms with Crippen LogP contribution in [-0.2, 0) is 21.1 Å². The molecule has 2 rings (SSSR count). The molecule has 1 fully saturated rings. The quantitative estimate of drug-likeness (QED) is 0.802. The van der Waals surface area contributed by atoms with Gasteiger partial charge >= 0.3 is 0 Å². The van der Waals surface area contributed by atoms with E-state index in [-0.39, 0.29) is 17.4 Å². The molecule has 0 bridgehead atoms. The predicted octanol–water partition coefficient (Wildman–Crippen LogP) is 0.815. The van der Waals surface area contributed by atoms with Gasteiger partial charge in [-0.05, 0) is 31.4 Å².